The Morgan fingerprint density at radius 1 is 1.75 bits per heavy atom. The Morgan fingerprint density at radius 2 is 2.50 bits per heavy atom. The second-order valence-corrected chi connectivity index (χ2v) is 4.00. The molecule has 1 rings (SSSR count). The number of ether oxygens (including phenoxy) is 2. The lowest BCUT2D eigenvalue weighted by Crippen LogP contribution is -2.46. The zero-order valence-electron chi connectivity index (χ0n) is 9.81. The number of urea groups is 1. The van der Waals surface area contributed by atoms with Crippen LogP contribution in [0.25, 0.3) is 0 Å². The summed E-state index contributed by atoms with van der Waals surface area (Å²) in [5.74, 6) is 0. The fourth-order valence-corrected chi connectivity index (χ4v) is 1.58. The van der Waals surface area contributed by atoms with Crippen LogP contribution < -0.4 is 5.32 Å². The maximum atomic E-state index is 11.6. The molecule has 2 unspecified atom stereocenters. The number of nitrogens with one attached hydrogen (secondary N) is 1. The van der Waals surface area contributed by atoms with Crippen molar-refractivity contribution in [3.8, 4) is 0 Å². The first-order valence-corrected chi connectivity index (χ1v) is 5.40. The maximum Gasteiger partial charge on any atom is 0.317 e. The van der Waals surface area contributed by atoms with Gasteiger partial charge in [0, 0.05) is 20.8 Å². The third kappa shape index (κ3) is 4.34. The fraction of sp³-hybridized carbons (Fsp3) is 0.900. The van der Waals surface area contributed by atoms with Crippen molar-refractivity contribution in [1.29, 1.82) is 0 Å². The third-order valence-corrected chi connectivity index (χ3v) is 2.45. The summed E-state index contributed by atoms with van der Waals surface area (Å²) < 4.78 is 9.94. The van der Waals surface area contributed by atoms with Gasteiger partial charge in [-0.1, -0.05) is 0 Å². The highest BCUT2D eigenvalue weighted by molar-refractivity contribution is 5.74. The van der Waals surface area contributed by atoms with E-state index in [1.807, 2.05) is 0 Å². The minimum Gasteiger partial charge on any atom is -0.389 e. The van der Waals surface area contributed by atoms with E-state index in [-0.39, 0.29) is 25.2 Å². The van der Waals surface area contributed by atoms with Crippen molar-refractivity contribution in [2.24, 2.45) is 0 Å². The molecule has 1 aliphatic rings. The number of hydrogen-bond donors (Lipinski definition) is 2. The van der Waals surface area contributed by atoms with Gasteiger partial charge in [0.2, 0.25) is 0 Å². The molecule has 16 heavy (non-hydrogen) atoms. The van der Waals surface area contributed by atoms with Gasteiger partial charge in [-0.3, -0.25) is 0 Å². The standard InChI is InChI=1S/C10H20N2O4/c1-12(5-9(13)7-15-2)10(14)11-8-3-4-16-6-8/h8-9,13H,3-7H2,1-2H3,(H,11,14). The van der Waals surface area contributed by atoms with Crippen LogP contribution in [-0.2, 0) is 9.47 Å². The minimum absolute atomic E-state index is 0.0921. The lowest BCUT2D eigenvalue weighted by molar-refractivity contribution is 0.0487. The van der Waals surface area contributed by atoms with Crippen molar-refractivity contribution in [3.05, 3.63) is 0 Å². The predicted octanol–water partition coefficient (Wildman–Crippen LogP) is -0.576. The van der Waals surface area contributed by atoms with E-state index in [4.69, 9.17) is 9.47 Å². The molecule has 1 fully saturated rings. The zero-order valence-corrected chi connectivity index (χ0v) is 9.81. The number of likely N-dealkylation sites (N-methyl/N-ethyl adjacent to an activating group) is 1. The Kier molecular flexibility index (Phi) is 5.51. The Bertz CT molecular complexity index is 219. The average Bonchev–Trinajstić information content (AvgIpc) is 2.70. The van der Waals surface area contributed by atoms with Crippen LogP contribution >= 0.6 is 0 Å². The Hall–Kier alpha value is -0.850. The molecule has 94 valence electrons. The van der Waals surface area contributed by atoms with Crippen molar-refractivity contribution < 1.29 is 19.4 Å². The lowest BCUT2D eigenvalue weighted by atomic mass is 10.3. The van der Waals surface area contributed by atoms with Crippen molar-refractivity contribution in [2.45, 2.75) is 18.6 Å². The molecule has 0 aliphatic carbocycles. The van der Waals surface area contributed by atoms with E-state index in [0.717, 1.165) is 6.42 Å². The molecular formula is C10H20N2O4. The van der Waals surface area contributed by atoms with Gasteiger partial charge in [-0.25, -0.2) is 4.79 Å². The van der Waals surface area contributed by atoms with E-state index < -0.39 is 6.10 Å². The molecule has 0 aromatic carbocycles. The first-order chi connectivity index (χ1) is 7.63. The molecule has 1 saturated heterocycles. The molecule has 6 nitrogen and oxygen atoms in total. The smallest absolute Gasteiger partial charge is 0.317 e. The Balaban J connectivity index is 2.23. The third-order valence-electron chi connectivity index (χ3n) is 2.45. The van der Waals surface area contributed by atoms with Crippen LogP contribution in [0.1, 0.15) is 6.42 Å². The molecule has 1 heterocycles. The fourth-order valence-electron chi connectivity index (χ4n) is 1.58. The van der Waals surface area contributed by atoms with Gasteiger partial charge in [0.05, 0.1) is 31.9 Å². The first kappa shape index (κ1) is 13.2. The summed E-state index contributed by atoms with van der Waals surface area (Å²) in [7, 11) is 3.16. The van der Waals surface area contributed by atoms with Gasteiger partial charge in [0.25, 0.3) is 0 Å². The number of aliphatic hydroxyl groups excluding tert-OH is 1. The summed E-state index contributed by atoms with van der Waals surface area (Å²) in [4.78, 5) is 13.1. The van der Waals surface area contributed by atoms with Crippen LogP contribution in [0.15, 0.2) is 0 Å². The summed E-state index contributed by atoms with van der Waals surface area (Å²) in [6, 6.07) is -0.0971. The molecule has 0 saturated carbocycles. The monoisotopic (exact) mass is 232 g/mol. The number of rotatable bonds is 5. The number of nitrogens with zero attached hydrogens (tertiary/aromatic N) is 1. The zero-order chi connectivity index (χ0) is 12.0. The predicted molar refractivity (Wildman–Crippen MR) is 58.3 cm³/mol. The number of carbonyl (C=O) groups is 1. The molecular weight excluding hydrogens is 212 g/mol. The van der Waals surface area contributed by atoms with Crippen molar-refractivity contribution in [3.63, 3.8) is 0 Å². The Morgan fingerprint density at radius 3 is 3.06 bits per heavy atom. The van der Waals surface area contributed by atoms with Gasteiger partial charge < -0.3 is 24.8 Å². The highest BCUT2D eigenvalue weighted by Crippen LogP contribution is 2.03. The van der Waals surface area contributed by atoms with E-state index in [1.54, 1.807) is 7.05 Å². The van der Waals surface area contributed by atoms with Gasteiger partial charge in [0.15, 0.2) is 0 Å². The van der Waals surface area contributed by atoms with Crippen LogP contribution in [-0.4, -0.2) is 68.7 Å². The highest BCUT2D eigenvalue weighted by atomic mass is 16.5. The van der Waals surface area contributed by atoms with E-state index in [1.165, 1.54) is 12.0 Å². The second kappa shape index (κ2) is 6.67. The number of amides is 2. The van der Waals surface area contributed by atoms with Gasteiger partial charge >= 0.3 is 6.03 Å². The molecule has 0 bridgehead atoms. The molecule has 1 aliphatic heterocycles. The molecule has 0 radical (unpaired) electrons. The number of methoxy groups -OCH3 is 1. The van der Waals surface area contributed by atoms with Crippen LogP contribution in [0.2, 0.25) is 0 Å². The van der Waals surface area contributed by atoms with E-state index >= 15 is 0 Å². The van der Waals surface area contributed by atoms with Crippen LogP contribution in [0, 0.1) is 0 Å². The number of hydrogen-bond acceptors (Lipinski definition) is 4. The van der Waals surface area contributed by atoms with Gasteiger partial charge in [-0.15, -0.1) is 0 Å². The van der Waals surface area contributed by atoms with Crippen molar-refractivity contribution in [2.75, 3.05) is 40.5 Å². The molecule has 2 amide bonds. The number of aliphatic hydroxyl groups is 1. The van der Waals surface area contributed by atoms with Crippen LogP contribution in [0.4, 0.5) is 4.79 Å². The molecule has 0 aromatic rings. The van der Waals surface area contributed by atoms with Gasteiger partial charge in [-0.05, 0) is 6.42 Å². The van der Waals surface area contributed by atoms with E-state index in [9.17, 15) is 9.90 Å². The normalized spacial score (nSPS) is 21.8. The summed E-state index contributed by atoms with van der Waals surface area (Å²) in [5, 5.41) is 12.3. The van der Waals surface area contributed by atoms with E-state index in [0.29, 0.717) is 13.2 Å². The van der Waals surface area contributed by atoms with Crippen LogP contribution in [0.5, 0.6) is 0 Å². The summed E-state index contributed by atoms with van der Waals surface area (Å²) in [5.41, 5.74) is 0. The van der Waals surface area contributed by atoms with Crippen molar-refractivity contribution in [1.82, 2.24) is 10.2 Å². The van der Waals surface area contributed by atoms with Crippen molar-refractivity contribution >= 4 is 6.03 Å². The van der Waals surface area contributed by atoms with Crippen LogP contribution in [0.3, 0.4) is 0 Å². The maximum absolute atomic E-state index is 11.6. The quantitative estimate of drug-likeness (QED) is 0.665. The topological polar surface area (TPSA) is 71.0 Å². The SMILES string of the molecule is COCC(O)CN(C)C(=O)NC1CCOC1. The first-order valence-electron chi connectivity index (χ1n) is 5.40. The molecule has 2 atom stereocenters. The lowest BCUT2D eigenvalue weighted by Gasteiger charge is -2.22. The minimum atomic E-state index is -0.652. The van der Waals surface area contributed by atoms with Gasteiger partial charge in [0.1, 0.15) is 0 Å². The Labute approximate surface area is 95.5 Å². The number of carbonyl (C=O) groups excluding carboxylic acids is 1. The second-order valence-electron chi connectivity index (χ2n) is 4.00. The molecule has 6 heteroatoms. The largest absolute Gasteiger partial charge is 0.389 e. The van der Waals surface area contributed by atoms with Gasteiger partial charge in [-0.2, -0.15) is 0 Å². The summed E-state index contributed by atoms with van der Waals surface area (Å²) >= 11 is 0. The molecule has 2 N–H and O–H groups in total. The average molecular weight is 232 g/mol. The summed E-state index contributed by atoms with van der Waals surface area (Å²) in [6.45, 7) is 1.75. The summed E-state index contributed by atoms with van der Waals surface area (Å²) in [6.07, 6.45) is 0.195. The molecule has 0 aromatic heterocycles. The van der Waals surface area contributed by atoms with E-state index in [2.05, 4.69) is 5.32 Å². The highest BCUT2D eigenvalue weighted by Gasteiger charge is 2.20. The molecule has 0 spiro atoms.